The van der Waals surface area contributed by atoms with Crippen molar-refractivity contribution < 1.29 is 27.8 Å². The Balaban J connectivity index is 2.21. The molecule has 0 aromatic heterocycles. The lowest BCUT2D eigenvalue weighted by molar-refractivity contribution is -0.142. The molecule has 2 rings (SSSR count). The van der Waals surface area contributed by atoms with Gasteiger partial charge in [-0.1, -0.05) is 6.07 Å². The molecule has 8 heteroatoms. The van der Waals surface area contributed by atoms with Crippen molar-refractivity contribution in [3.8, 4) is 17.6 Å². The van der Waals surface area contributed by atoms with Crippen LogP contribution in [0, 0.1) is 11.3 Å². The first kappa shape index (κ1) is 19.9. The summed E-state index contributed by atoms with van der Waals surface area (Å²) in [7, 11) is 1.34. The minimum absolute atomic E-state index is 0.0539. The van der Waals surface area contributed by atoms with E-state index in [2.05, 4.69) is 15.5 Å². The van der Waals surface area contributed by atoms with Gasteiger partial charge in [0.1, 0.15) is 0 Å². The second kappa shape index (κ2) is 8.81. The molecule has 0 aliphatic carbocycles. The number of carbonyl (C=O) groups is 1. The maximum absolute atomic E-state index is 12.5. The van der Waals surface area contributed by atoms with Crippen molar-refractivity contribution in [2.75, 3.05) is 33.4 Å². The van der Waals surface area contributed by atoms with E-state index in [0.29, 0.717) is 31.5 Å². The average molecular weight is 368 g/mol. The van der Waals surface area contributed by atoms with Gasteiger partial charge in [-0.15, -0.1) is 0 Å². The van der Waals surface area contributed by atoms with E-state index < -0.39 is 12.0 Å². The molecule has 0 amide bonds. The number of benzene rings is 1. The predicted molar refractivity (Wildman–Crippen MR) is 89.2 cm³/mol. The number of rotatable bonds is 7. The Bertz CT molecular complexity index is 668. The lowest BCUT2D eigenvalue weighted by Gasteiger charge is -2.37. The van der Waals surface area contributed by atoms with E-state index in [1.165, 1.54) is 13.2 Å². The molecule has 0 unspecified atom stereocenters. The summed E-state index contributed by atoms with van der Waals surface area (Å²) in [6.07, 6.45) is 1.03. The maximum Gasteiger partial charge on any atom is 0.387 e. The van der Waals surface area contributed by atoms with Gasteiger partial charge in [0.25, 0.3) is 0 Å². The normalized spacial score (nSPS) is 16.8. The summed E-state index contributed by atoms with van der Waals surface area (Å²) in [6, 6.07) is 6.99. The summed E-state index contributed by atoms with van der Waals surface area (Å²) in [6.45, 7) is 0.374. The fourth-order valence-electron chi connectivity index (χ4n) is 3.07. The molecule has 1 aliphatic heterocycles. The number of halogens is 2. The third-order valence-corrected chi connectivity index (χ3v) is 4.52. The summed E-state index contributed by atoms with van der Waals surface area (Å²) in [5, 5.41) is 9.79. The number of hydrogen-bond donors (Lipinski definition) is 0. The number of piperidine rings is 1. The van der Waals surface area contributed by atoms with E-state index in [0.717, 1.165) is 0 Å². The molecule has 0 bridgehead atoms. The highest BCUT2D eigenvalue weighted by Crippen LogP contribution is 2.39. The Morgan fingerprint density at radius 2 is 2.04 bits per heavy atom. The molecule has 0 N–H and O–H groups in total. The number of methoxy groups -OCH3 is 1. The molecule has 1 aromatic rings. The van der Waals surface area contributed by atoms with Gasteiger partial charge in [0.05, 0.1) is 31.7 Å². The van der Waals surface area contributed by atoms with Crippen LogP contribution in [0.1, 0.15) is 25.3 Å². The molecule has 1 fully saturated rings. The second-order valence-corrected chi connectivity index (χ2v) is 6.02. The molecular weight excluding hydrogens is 346 g/mol. The first-order valence-corrected chi connectivity index (χ1v) is 8.36. The standard InChI is InChI=1S/C18H22F2N2O4/c1-3-25-15-10-13(4-5-14(15)26-17(19)20)18(12-21)6-8-22(9-7-18)11-16(23)24-2/h4-5,10,17H,3,6-9,11H2,1-2H3. The molecule has 6 nitrogen and oxygen atoms in total. The van der Waals surface area contributed by atoms with Crippen LogP contribution in [0.25, 0.3) is 0 Å². The number of carbonyl (C=O) groups excluding carboxylic acids is 1. The van der Waals surface area contributed by atoms with Crippen molar-refractivity contribution in [2.24, 2.45) is 0 Å². The van der Waals surface area contributed by atoms with E-state index >= 15 is 0 Å². The van der Waals surface area contributed by atoms with Crippen molar-refractivity contribution in [1.82, 2.24) is 4.90 Å². The highest BCUT2D eigenvalue weighted by molar-refractivity contribution is 5.71. The Hall–Kier alpha value is -2.40. The minimum Gasteiger partial charge on any atom is -0.490 e. The van der Waals surface area contributed by atoms with Gasteiger partial charge in [-0.25, -0.2) is 0 Å². The summed E-state index contributed by atoms with van der Waals surface area (Å²) in [4.78, 5) is 13.3. The number of ether oxygens (including phenoxy) is 3. The van der Waals surface area contributed by atoms with E-state index in [9.17, 15) is 18.8 Å². The van der Waals surface area contributed by atoms with Crippen LogP contribution in [-0.2, 0) is 14.9 Å². The van der Waals surface area contributed by atoms with Crippen LogP contribution < -0.4 is 9.47 Å². The molecule has 0 atom stereocenters. The number of esters is 1. The summed E-state index contributed by atoms with van der Waals surface area (Å²) in [5.74, 6) is -0.180. The van der Waals surface area contributed by atoms with E-state index in [1.807, 2.05) is 4.90 Å². The zero-order valence-electron chi connectivity index (χ0n) is 14.8. The smallest absolute Gasteiger partial charge is 0.387 e. The third kappa shape index (κ3) is 4.61. The number of alkyl halides is 2. The van der Waals surface area contributed by atoms with Crippen LogP contribution in [0.5, 0.6) is 11.5 Å². The van der Waals surface area contributed by atoms with Crippen LogP contribution in [-0.4, -0.2) is 50.8 Å². The van der Waals surface area contributed by atoms with Gasteiger partial charge in [0, 0.05) is 13.1 Å². The van der Waals surface area contributed by atoms with E-state index in [-0.39, 0.29) is 30.6 Å². The Morgan fingerprint density at radius 3 is 2.58 bits per heavy atom. The van der Waals surface area contributed by atoms with Crippen LogP contribution in [0.15, 0.2) is 18.2 Å². The molecular formula is C18H22F2N2O4. The van der Waals surface area contributed by atoms with Crippen molar-refractivity contribution in [2.45, 2.75) is 31.8 Å². The van der Waals surface area contributed by atoms with Gasteiger partial charge in [-0.05, 0) is 37.5 Å². The Morgan fingerprint density at radius 1 is 1.35 bits per heavy atom. The molecule has 0 spiro atoms. The summed E-state index contributed by atoms with van der Waals surface area (Å²) < 4.78 is 39.6. The number of nitriles is 1. The van der Waals surface area contributed by atoms with Crippen molar-refractivity contribution >= 4 is 5.97 Å². The highest BCUT2D eigenvalue weighted by Gasteiger charge is 2.37. The number of hydrogen-bond acceptors (Lipinski definition) is 6. The van der Waals surface area contributed by atoms with E-state index in [1.54, 1.807) is 19.1 Å². The van der Waals surface area contributed by atoms with Crippen LogP contribution >= 0.6 is 0 Å². The predicted octanol–water partition coefficient (Wildman–Crippen LogP) is 2.72. The van der Waals surface area contributed by atoms with Gasteiger partial charge < -0.3 is 14.2 Å². The topological polar surface area (TPSA) is 71.8 Å². The summed E-state index contributed by atoms with van der Waals surface area (Å²) >= 11 is 0. The monoisotopic (exact) mass is 368 g/mol. The fourth-order valence-corrected chi connectivity index (χ4v) is 3.07. The van der Waals surface area contributed by atoms with Gasteiger partial charge in [0.15, 0.2) is 11.5 Å². The molecule has 0 saturated carbocycles. The third-order valence-electron chi connectivity index (χ3n) is 4.52. The van der Waals surface area contributed by atoms with Gasteiger partial charge in [-0.2, -0.15) is 14.0 Å². The van der Waals surface area contributed by atoms with Crippen LogP contribution in [0.3, 0.4) is 0 Å². The molecule has 1 aromatic carbocycles. The largest absolute Gasteiger partial charge is 0.490 e. The van der Waals surface area contributed by atoms with Crippen LogP contribution in [0.2, 0.25) is 0 Å². The van der Waals surface area contributed by atoms with Gasteiger partial charge >= 0.3 is 12.6 Å². The number of likely N-dealkylation sites (tertiary alicyclic amines) is 1. The Kier molecular flexibility index (Phi) is 6.75. The van der Waals surface area contributed by atoms with Crippen LogP contribution in [0.4, 0.5) is 8.78 Å². The van der Waals surface area contributed by atoms with Crippen molar-refractivity contribution in [1.29, 1.82) is 5.26 Å². The highest BCUT2D eigenvalue weighted by atomic mass is 19.3. The summed E-state index contributed by atoms with van der Waals surface area (Å²) in [5.41, 5.74) is -0.0650. The molecule has 1 saturated heterocycles. The van der Waals surface area contributed by atoms with E-state index in [4.69, 9.17) is 4.74 Å². The first-order chi connectivity index (χ1) is 12.4. The van der Waals surface area contributed by atoms with Gasteiger partial charge in [-0.3, -0.25) is 9.69 Å². The molecule has 142 valence electrons. The molecule has 1 heterocycles. The first-order valence-electron chi connectivity index (χ1n) is 8.36. The molecule has 0 radical (unpaired) electrons. The number of nitrogens with zero attached hydrogens (tertiary/aromatic N) is 2. The quantitative estimate of drug-likeness (QED) is 0.689. The maximum atomic E-state index is 12.5. The van der Waals surface area contributed by atoms with Gasteiger partial charge in [0.2, 0.25) is 0 Å². The fraction of sp³-hybridized carbons (Fsp3) is 0.556. The lowest BCUT2D eigenvalue weighted by atomic mass is 9.74. The van der Waals surface area contributed by atoms with Crippen molar-refractivity contribution in [3.05, 3.63) is 23.8 Å². The Labute approximate surface area is 151 Å². The zero-order valence-corrected chi connectivity index (χ0v) is 14.8. The SMILES string of the molecule is CCOc1cc(C2(C#N)CCN(CC(=O)OC)CC2)ccc1OC(F)F. The van der Waals surface area contributed by atoms with Crippen molar-refractivity contribution in [3.63, 3.8) is 0 Å². The molecule has 1 aliphatic rings. The molecule has 26 heavy (non-hydrogen) atoms. The lowest BCUT2D eigenvalue weighted by Crippen LogP contribution is -2.44. The zero-order chi connectivity index (χ0) is 19.2. The second-order valence-electron chi connectivity index (χ2n) is 6.02. The average Bonchev–Trinajstić information content (AvgIpc) is 2.63. The minimum atomic E-state index is -2.95.